The van der Waals surface area contributed by atoms with Crippen LogP contribution in [-0.2, 0) is 43.3 Å². The summed E-state index contributed by atoms with van der Waals surface area (Å²) in [4.78, 5) is 5.44. The summed E-state index contributed by atoms with van der Waals surface area (Å²) in [5.74, 6) is 0. The molecule has 0 saturated carbocycles. The maximum absolute atomic E-state index is 2.75. The van der Waals surface area contributed by atoms with Crippen LogP contribution >= 0.6 is 0 Å². The topological polar surface area (TPSA) is 6.48 Å². The van der Waals surface area contributed by atoms with E-state index in [-0.39, 0.29) is 50.0 Å². The van der Waals surface area contributed by atoms with E-state index in [1.54, 1.807) is 0 Å². The highest BCUT2D eigenvalue weighted by Crippen LogP contribution is 2.54. The molecule has 3 heteroatoms. The van der Waals surface area contributed by atoms with Crippen molar-refractivity contribution in [2.75, 3.05) is 9.80 Å². The van der Waals surface area contributed by atoms with Gasteiger partial charge in [0.05, 0.1) is 0 Å². The molecule has 6 aromatic carbocycles. The summed E-state index contributed by atoms with van der Waals surface area (Å²) in [5.41, 5.74) is 25.4. The largest absolute Gasteiger partial charge is 0.311 e. The third kappa shape index (κ3) is 7.07. The Hall–Kier alpha value is -5.02. The zero-order chi connectivity index (χ0) is 50.1. The van der Waals surface area contributed by atoms with Gasteiger partial charge in [0.25, 0.3) is 6.71 Å². The number of rotatable bonds is 4. The van der Waals surface area contributed by atoms with Crippen molar-refractivity contribution in [1.82, 2.24) is 0 Å². The van der Waals surface area contributed by atoms with E-state index in [1.165, 1.54) is 139 Å². The number of fused-ring (bicyclic) bond motifs is 7. The monoisotopic (exact) mass is 925 g/mol. The number of hydrogen-bond donors (Lipinski definition) is 0. The average molecular weight is 925 g/mol. The van der Waals surface area contributed by atoms with Gasteiger partial charge in [-0.1, -0.05) is 178 Å². The zero-order valence-electron chi connectivity index (χ0n) is 46.1. The first-order valence-electron chi connectivity index (χ1n) is 27.0. The molecule has 6 aromatic rings. The molecular formula is C67H81BN2. The molecule has 3 aliphatic carbocycles. The Morgan fingerprint density at radius 1 is 0.357 bits per heavy atom. The Morgan fingerprint density at radius 2 is 0.771 bits per heavy atom. The van der Waals surface area contributed by atoms with E-state index in [1.807, 2.05) is 0 Å². The lowest BCUT2D eigenvalue weighted by Gasteiger charge is -2.48. The maximum atomic E-state index is 2.75. The molecule has 0 bridgehead atoms. The van der Waals surface area contributed by atoms with Crippen LogP contribution in [0.4, 0.5) is 34.1 Å². The van der Waals surface area contributed by atoms with Crippen molar-refractivity contribution in [3.05, 3.63) is 159 Å². The molecule has 0 saturated heterocycles. The van der Waals surface area contributed by atoms with Crippen LogP contribution < -0.4 is 26.2 Å². The number of hydrogen-bond acceptors (Lipinski definition) is 2. The van der Waals surface area contributed by atoms with Gasteiger partial charge in [-0.05, 0) is 191 Å². The highest BCUT2D eigenvalue weighted by molar-refractivity contribution is 7.00. The standard InChI is InChI=1S/C67H81BN2/c1-60(2,3)44-36-57-59-58(37-44)70(46-25-27-48-50(39-46)64(10,11)32-30-62(48,6)7)56-41-52-51(65(12,13)33-34-66(52,14)15)40-54(56)68(59)53-35-43(67(16,17)42-21-19-18-20-22-42)23-28-55(53)69(57)45-24-26-47-49(38-45)63(8,9)31-29-61(47,4)5/h18-28,35-41H,29-34H2,1-17H3. The Morgan fingerprint density at radius 3 is 1.24 bits per heavy atom. The van der Waals surface area contributed by atoms with Gasteiger partial charge in [-0.2, -0.15) is 0 Å². The highest BCUT2D eigenvalue weighted by atomic mass is 15.2. The van der Waals surface area contributed by atoms with Crippen molar-refractivity contribution in [3.8, 4) is 0 Å². The summed E-state index contributed by atoms with van der Waals surface area (Å²) < 4.78 is 0. The molecule has 0 N–H and O–H groups in total. The zero-order valence-corrected chi connectivity index (χ0v) is 46.1. The molecule has 2 nitrogen and oxygen atoms in total. The van der Waals surface area contributed by atoms with Crippen LogP contribution in [0.1, 0.15) is 206 Å². The molecule has 2 heterocycles. The van der Waals surface area contributed by atoms with Crippen molar-refractivity contribution < 1.29 is 0 Å². The van der Waals surface area contributed by atoms with Crippen molar-refractivity contribution >= 4 is 57.2 Å². The van der Waals surface area contributed by atoms with Crippen LogP contribution in [0.5, 0.6) is 0 Å². The van der Waals surface area contributed by atoms with Gasteiger partial charge in [0.2, 0.25) is 0 Å². The van der Waals surface area contributed by atoms with Gasteiger partial charge in [0.15, 0.2) is 0 Å². The third-order valence-corrected chi connectivity index (χ3v) is 19.3. The predicted octanol–water partition coefficient (Wildman–Crippen LogP) is 16.4. The molecule has 0 aromatic heterocycles. The second-order valence-corrected chi connectivity index (χ2v) is 28.3. The lowest BCUT2D eigenvalue weighted by atomic mass is 9.32. The van der Waals surface area contributed by atoms with E-state index in [0.29, 0.717) is 0 Å². The second kappa shape index (κ2) is 15.0. The van der Waals surface area contributed by atoms with Crippen LogP contribution in [0, 0.1) is 0 Å². The minimum Gasteiger partial charge on any atom is -0.311 e. The summed E-state index contributed by atoms with van der Waals surface area (Å²) in [7, 11) is 0. The quantitative estimate of drug-likeness (QED) is 0.162. The average Bonchev–Trinajstić information content (AvgIpc) is 3.30. The summed E-state index contributed by atoms with van der Waals surface area (Å²) in [6.45, 7) is 41.9. The first-order chi connectivity index (χ1) is 32.5. The first kappa shape index (κ1) is 47.3. The van der Waals surface area contributed by atoms with E-state index in [2.05, 4.69) is 237 Å². The van der Waals surface area contributed by atoms with Gasteiger partial charge in [-0.25, -0.2) is 0 Å². The summed E-state index contributed by atoms with van der Waals surface area (Å²) >= 11 is 0. The third-order valence-electron chi connectivity index (χ3n) is 19.3. The van der Waals surface area contributed by atoms with E-state index >= 15 is 0 Å². The molecule has 5 aliphatic rings. The van der Waals surface area contributed by atoms with Crippen LogP contribution in [0.3, 0.4) is 0 Å². The summed E-state index contributed by atoms with van der Waals surface area (Å²) in [6, 6.07) is 44.5. The van der Waals surface area contributed by atoms with Crippen molar-refractivity contribution in [1.29, 1.82) is 0 Å². The predicted molar refractivity (Wildman–Crippen MR) is 304 cm³/mol. The maximum Gasteiger partial charge on any atom is 0.252 e. The smallest absolute Gasteiger partial charge is 0.252 e. The molecule has 2 aliphatic heterocycles. The molecular weight excluding hydrogens is 844 g/mol. The summed E-state index contributed by atoms with van der Waals surface area (Å²) in [6.07, 6.45) is 7.12. The normalized spacial score (nSPS) is 20.6. The summed E-state index contributed by atoms with van der Waals surface area (Å²) in [5, 5.41) is 0. The molecule has 0 amide bonds. The number of benzene rings is 6. The van der Waals surface area contributed by atoms with Crippen molar-refractivity contribution in [3.63, 3.8) is 0 Å². The van der Waals surface area contributed by atoms with Crippen molar-refractivity contribution in [2.24, 2.45) is 0 Å². The minimum atomic E-state index is -0.211. The fourth-order valence-corrected chi connectivity index (χ4v) is 13.9. The van der Waals surface area contributed by atoms with Gasteiger partial charge in [0, 0.05) is 39.5 Å². The number of nitrogens with zero attached hydrogens (tertiary/aromatic N) is 2. The molecule has 0 unspecified atom stereocenters. The van der Waals surface area contributed by atoms with Gasteiger partial charge in [-0.3, -0.25) is 0 Å². The molecule has 0 atom stereocenters. The van der Waals surface area contributed by atoms with Gasteiger partial charge in [0.1, 0.15) is 0 Å². The van der Waals surface area contributed by atoms with Crippen LogP contribution in [-0.4, -0.2) is 6.71 Å². The molecule has 362 valence electrons. The van der Waals surface area contributed by atoms with E-state index in [0.717, 1.165) is 0 Å². The fourth-order valence-electron chi connectivity index (χ4n) is 13.9. The Kier molecular flexibility index (Phi) is 10.2. The molecule has 0 radical (unpaired) electrons. The molecule has 0 fully saturated rings. The highest BCUT2D eigenvalue weighted by Gasteiger charge is 2.49. The molecule has 70 heavy (non-hydrogen) atoms. The minimum absolute atomic E-state index is 0.0233. The van der Waals surface area contributed by atoms with E-state index < -0.39 is 0 Å². The van der Waals surface area contributed by atoms with Gasteiger partial charge in [-0.15, -0.1) is 0 Å². The van der Waals surface area contributed by atoms with Crippen LogP contribution in [0.25, 0.3) is 0 Å². The van der Waals surface area contributed by atoms with Gasteiger partial charge < -0.3 is 9.80 Å². The van der Waals surface area contributed by atoms with Gasteiger partial charge >= 0.3 is 0 Å². The van der Waals surface area contributed by atoms with E-state index in [9.17, 15) is 0 Å². The van der Waals surface area contributed by atoms with Crippen molar-refractivity contribution in [2.45, 2.75) is 200 Å². The lowest BCUT2D eigenvalue weighted by Crippen LogP contribution is -2.62. The number of anilines is 6. The first-order valence-corrected chi connectivity index (χ1v) is 27.0. The van der Waals surface area contributed by atoms with E-state index in [4.69, 9.17) is 0 Å². The van der Waals surface area contributed by atoms with Crippen LogP contribution in [0.2, 0.25) is 0 Å². The SMILES string of the molecule is CC(C)(C)c1cc2c3c(c1)N(c1ccc4c(c1)C(C)(C)CCC4(C)C)c1cc4c(cc1B3c1cc(C(C)(C)c3ccccc3)ccc1N2c1ccc2c(c1)C(C)(C)CCC2(C)C)C(C)(C)CCC4(C)C. The Labute approximate surface area is 423 Å². The Bertz CT molecular complexity index is 3130. The van der Waals surface area contributed by atoms with Crippen LogP contribution in [0.15, 0.2) is 109 Å². The lowest BCUT2D eigenvalue weighted by molar-refractivity contribution is 0.332. The second-order valence-electron chi connectivity index (χ2n) is 28.3. The fraction of sp³-hybridized carbons (Fsp3) is 0.463. The Balaban J connectivity index is 1.28. The molecule has 0 spiro atoms. The molecule has 11 rings (SSSR count).